The van der Waals surface area contributed by atoms with Crippen molar-refractivity contribution < 1.29 is 14.7 Å². The second-order valence-corrected chi connectivity index (χ2v) is 6.51. The lowest BCUT2D eigenvalue weighted by atomic mass is 9.92. The van der Waals surface area contributed by atoms with E-state index >= 15 is 0 Å². The largest absolute Gasteiger partial charge is 0.480 e. The van der Waals surface area contributed by atoms with Crippen molar-refractivity contribution in [1.29, 1.82) is 0 Å². The molecule has 2 fully saturated rings. The van der Waals surface area contributed by atoms with Crippen LogP contribution in [-0.2, 0) is 4.79 Å². The van der Waals surface area contributed by atoms with Crippen LogP contribution in [0.1, 0.15) is 46.5 Å². The number of nitrogens with zero attached hydrogens (tertiary/aromatic N) is 1. The van der Waals surface area contributed by atoms with E-state index in [0.717, 1.165) is 19.3 Å². The van der Waals surface area contributed by atoms with Crippen LogP contribution in [0.2, 0.25) is 0 Å². The normalized spacial score (nSPS) is 28.5. The summed E-state index contributed by atoms with van der Waals surface area (Å²) in [5.41, 5.74) is -0.798. The Kier molecular flexibility index (Phi) is 3.49. The van der Waals surface area contributed by atoms with Gasteiger partial charge >= 0.3 is 12.0 Å². The number of carbonyl (C=O) groups is 2. The van der Waals surface area contributed by atoms with Crippen LogP contribution in [0.15, 0.2) is 0 Å². The minimum Gasteiger partial charge on any atom is -0.480 e. The van der Waals surface area contributed by atoms with Crippen molar-refractivity contribution >= 4 is 12.0 Å². The average molecular weight is 268 g/mol. The first-order chi connectivity index (χ1) is 8.82. The van der Waals surface area contributed by atoms with E-state index < -0.39 is 11.5 Å². The van der Waals surface area contributed by atoms with Crippen LogP contribution < -0.4 is 5.32 Å². The smallest absolute Gasteiger partial charge is 0.329 e. The highest BCUT2D eigenvalue weighted by molar-refractivity contribution is 5.86. The average Bonchev–Trinajstić information content (AvgIpc) is 3.03. The van der Waals surface area contributed by atoms with Gasteiger partial charge in [-0.2, -0.15) is 0 Å². The Morgan fingerprint density at radius 3 is 2.42 bits per heavy atom. The lowest BCUT2D eigenvalue weighted by Crippen LogP contribution is -2.54. The van der Waals surface area contributed by atoms with E-state index in [1.807, 2.05) is 0 Å². The van der Waals surface area contributed by atoms with Gasteiger partial charge in [0.05, 0.1) is 0 Å². The van der Waals surface area contributed by atoms with E-state index in [1.165, 1.54) is 4.90 Å². The maximum atomic E-state index is 12.2. The molecule has 1 heterocycles. The summed E-state index contributed by atoms with van der Waals surface area (Å²) in [7, 11) is 0. The quantitative estimate of drug-likeness (QED) is 0.820. The summed E-state index contributed by atoms with van der Waals surface area (Å²) in [6, 6.07) is -0.227. The van der Waals surface area contributed by atoms with Crippen LogP contribution in [-0.4, -0.2) is 40.6 Å². The predicted molar refractivity (Wildman–Crippen MR) is 71.9 cm³/mol. The third kappa shape index (κ3) is 2.42. The molecule has 1 aliphatic carbocycles. The van der Waals surface area contributed by atoms with Gasteiger partial charge in [-0.25, -0.2) is 9.59 Å². The Bertz CT molecular complexity index is 390. The van der Waals surface area contributed by atoms with E-state index in [1.54, 1.807) is 6.92 Å². The van der Waals surface area contributed by atoms with E-state index in [2.05, 4.69) is 19.2 Å². The van der Waals surface area contributed by atoms with Gasteiger partial charge in [0.25, 0.3) is 0 Å². The first kappa shape index (κ1) is 14.2. The van der Waals surface area contributed by atoms with Crippen LogP contribution in [0.3, 0.4) is 0 Å². The van der Waals surface area contributed by atoms with Crippen LogP contribution in [0.4, 0.5) is 4.79 Å². The molecule has 0 radical (unpaired) electrons. The fourth-order valence-corrected chi connectivity index (χ4v) is 2.98. The van der Waals surface area contributed by atoms with E-state index in [9.17, 15) is 14.7 Å². The number of carboxylic acid groups (broad SMARTS) is 1. The SMILES string of the molecule is CC(C)C1(CNC(=O)N2CCCC2(C)C(=O)O)CC1. The maximum Gasteiger partial charge on any atom is 0.329 e. The van der Waals surface area contributed by atoms with Gasteiger partial charge in [-0.3, -0.25) is 0 Å². The van der Waals surface area contributed by atoms with Crippen molar-refractivity contribution in [2.75, 3.05) is 13.1 Å². The Hall–Kier alpha value is -1.26. The minimum atomic E-state index is -1.04. The molecule has 1 atom stereocenters. The number of hydrogen-bond acceptors (Lipinski definition) is 2. The van der Waals surface area contributed by atoms with Gasteiger partial charge in [0.2, 0.25) is 0 Å². The van der Waals surface area contributed by atoms with Gasteiger partial charge in [-0.05, 0) is 43.9 Å². The molecule has 108 valence electrons. The van der Waals surface area contributed by atoms with Crippen molar-refractivity contribution in [1.82, 2.24) is 10.2 Å². The number of amides is 2. The molecule has 1 saturated heterocycles. The monoisotopic (exact) mass is 268 g/mol. The van der Waals surface area contributed by atoms with Crippen molar-refractivity contribution in [2.24, 2.45) is 11.3 Å². The van der Waals surface area contributed by atoms with Crippen LogP contribution >= 0.6 is 0 Å². The zero-order valence-corrected chi connectivity index (χ0v) is 12.0. The van der Waals surface area contributed by atoms with Gasteiger partial charge in [0, 0.05) is 13.1 Å². The molecule has 0 bridgehead atoms. The zero-order valence-electron chi connectivity index (χ0n) is 12.0. The molecule has 0 aromatic heterocycles. The van der Waals surface area contributed by atoms with Gasteiger partial charge in [0.15, 0.2) is 0 Å². The van der Waals surface area contributed by atoms with Crippen molar-refractivity contribution in [3.05, 3.63) is 0 Å². The molecule has 2 N–H and O–H groups in total. The fraction of sp³-hybridized carbons (Fsp3) is 0.857. The van der Waals surface area contributed by atoms with Crippen LogP contribution in [0, 0.1) is 11.3 Å². The third-order valence-electron chi connectivity index (χ3n) is 5.06. The number of carboxylic acids is 1. The summed E-state index contributed by atoms with van der Waals surface area (Å²) in [5.74, 6) is -0.359. The Balaban J connectivity index is 1.95. The summed E-state index contributed by atoms with van der Waals surface area (Å²) in [4.78, 5) is 25.0. The predicted octanol–water partition coefficient (Wildman–Crippen LogP) is 2.07. The topological polar surface area (TPSA) is 69.6 Å². The van der Waals surface area contributed by atoms with E-state index in [0.29, 0.717) is 25.4 Å². The van der Waals surface area contributed by atoms with Gasteiger partial charge in [-0.15, -0.1) is 0 Å². The lowest BCUT2D eigenvalue weighted by molar-refractivity contribution is -0.147. The van der Waals surface area contributed by atoms with Crippen LogP contribution in [0.5, 0.6) is 0 Å². The van der Waals surface area contributed by atoms with E-state index in [4.69, 9.17) is 0 Å². The Labute approximate surface area is 114 Å². The Morgan fingerprint density at radius 1 is 1.32 bits per heavy atom. The van der Waals surface area contributed by atoms with Gasteiger partial charge in [-0.1, -0.05) is 13.8 Å². The molecule has 1 aliphatic heterocycles. The molecule has 2 amide bonds. The molecular formula is C14H24N2O3. The molecule has 2 aliphatic rings. The number of hydrogen-bond donors (Lipinski definition) is 2. The number of nitrogens with one attached hydrogen (secondary N) is 1. The lowest BCUT2D eigenvalue weighted by Gasteiger charge is -2.32. The number of rotatable bonds is 4. The summed E-state index contributed by atoms with van der Waals surface area (Å²) in [5, 5.41) is 12.2. The highest BCUT2D eigenvalue weighted by Gasteiger charge is 2.48. The molecule has 1 saturated carbocycles. The summed E-state index contributed by atoms with van der Waals surface area (Å²) in [6.07, 6.45) is 3.60. The molecule has 0 aromatic rings. The number of aliphatic carboxylic acids is 1. The molecule has 5 nitrogen and oxygen atoms in total. The third-order valence-corrected chi connectivity index (χ3v) is 5.06. The maximum absolute atomic E-state index is 12.2. The first-order valence-corrected chi connectivity index (χ1v) is 7.11. The van der Waals surface area contributed by atoms with Crippen molar-refractivity contribution in [2.45, 2.75) is 52.0 Å². The zero-order chi connectivity index (χ0) is 14.3. The second-order valence-electron chi connectivity index (χ2n) is 6.51. The standard InChI is InChI=1S/C14H24N2O3/c1-10(2)14(6-7-14)9-15-12(19)16-8-4-5-13(16,3)11(17)18/h10H,4-9H2,1-3H3,(H,15,19)(H,17,18). The molecule has 1 unspecified atom stereocenters. The van der Waals surface area contributed by atoms with E-state index in [-0.39, 0.29) is 11.4 Å². The molecular weight excluding hydrogens is 244 g/mol. The molecule has 2 rings (SSSR count). The number of urea groups is 1. The second kappa shape index (κ2) is 4.69. The van der Waals surface area contributed by atoms with Crippen molar-refractivity contribution in [3.63, 3.8) is 0 Å². The number of carbonyl (C=O) groups excluding carboxylic acids is 1. The Morgan fingerprint density at radius 2 is 1.95 bits per heavy atom. The molecule has 0 spiro atoms. The first-order valence-electron chi connectivity index (χ1n) is 7.11. The minimum absolute atomic E-state index is 0.227. The number of likely N-dealkylation sites (tertiary alicyclic amines) is 1. The highest BCUT2D eigenvalue weighted by atomic mass is 16.4. The van der Waals surface area contributed by atoms with Gasteiger partial charge < -0.3 is 15.3 Å². The van der Waals surface area contributed by atoms with Gasteiger partial charge in [0.1, 0.15) is 5.54 Å². The van der Waals surface area contributed by atoms with Crippen LogP contribution in [0.25, 0.3) is 0 Å². The molecule has 0 aromatic carbocycles. The fourth-order valence-electron chi connectivity index (χ4n) is 2.98. The summed E-state index contributed by atoms with van der Waals surface area (Å²) < 4.78 is 0. The molecule has 5 heteroatoms. The summed E-state index contributed by atoms with van der Waals surface area (Å²) in [6.45, 7) is 7.18. The van der Waals surface area contributed by atoms with Crippen molar-refractivity contribution in [3.8, 4) is 0 Å². The molecule has 19 heavy (non-hydrogen) atoms. The summed E-state index contributed by atoms with van der Waals surface area (Å²) >= 11 is 0. The highest BCUT2D eigenvalue weighted by Crippen LogP contribution is 2.51.